The monoisotopic (exact) mass is 235 g/mol. The molecule has 0 radical (unpaired) electrons. The first-order valence-corrected chi connectivity index (χ1v) is 5.24. The predicted molar refractivity (Wildman–Crippen MR) is 62.4 cm³/mol. The average molecular weight is 236 g/mol. The van der Waals surface area contributed by atoms with E-state index >= 15 is 0 Å². The highest BCUT2D eigenvalue weighted by Gasteiger charge is 2.29. The fraction of sp³-hybridized carbons (Fsp3) is 0.250. The summed E-state index contributed by atoms with van der Waals surface area (Å²) in [6.07, 6.45) is 5.65. The molecule has 0 saturated carbocycles. The van der Waals surface area contributed by atoms with Crippen molar-refractivity contribution in [2.24, 2.45) is 5.92 Å². The lowest BCUT2D eigenvalue weighted by Crippen LogP contribution is -2.24. The van der Waals surface area contributed by atoms with Gasteiger partial charge in [-0.3, -0.25) is 4.79 Å². The van der Waals surface area contributed by atoms with E-state index in [2.05, 4.69) is 5.92 Å². The normalized spacial score (nSPS) is 19.9. The number of benzene rings is 1. The number of hydrogen-bond acceptors (Lipinski definition) is 2. The number of rotatable bonds is 1. The predicted octanol–water partition coefficient (Wildman–Crippen LogP) is 2.03. The Balaban J connectivity index is 2.29. The first-order chi connectivity index (χ1) is 7.61. The zero-order valence-corrected chi connectivity index (χ0v) is 9.24. The number of halogens is 1. The maximum atomic E-state index is 11.7. The quantitative estimate of drug-likeness (QED) is 0.757. The molecular weight excluding hydrogens is 226 g/mol. The van der Waals surface area contributed by atoms with Crippen LogP contribution in [0.3, 0.4) is 0 Å². The summed E-state index contributed by atoms with van der Waals surface area (Å²) in [7, 11) is 0. The number of terminal acetylenes is 1. The van der Waals surface area contributed by atoms with Gasteiger partial charge in [-0.1, -0.05) is 11.6 Å². The number of nitrogens with zero attached hydrogens (tertiary/aromatic N) is 1. The molecule has 1 heterocycles. The number of phenolic OH excluding ortho intramolecular Hbond substituents is 1. The highest BCUT2D eigenvalue weighted by Crippen LogP contribution is 2.31. The van der Waals surface area contributed by atoms with Crippen LogP contribution in [0, 0.1) is 18.3 Å². The van der Waals surface area contributed by atoms with Gasteiger partial charge in [-0.05, 0) is 12.1 Å². The summed E-state index contributed by atoms with van der Waals surface area (Å²) in [5.41, 5.74) is 0.629. The smallest absolute Gasteiger partial charge is 0.228 e. The maximum absolute atomic E-state index is 11.7. The molecule has 3 nitrogen and oxygen atoms in total. The van der Waals surface area contributed by atoms with Crippen molar-refractivity contribution >= 4 is 23.2 Å². The highest BCUT2D eigenvalue weighted by atomic mass is 35.5. The Bertz CT molecular complexity index is 478. The molecule has 1 aromatic rings. The zero-order valence-electron chi connectivity index (χ0n) is 8.48. The van der Waals surface area contributed by atoms with Gasteiger partial charge in [0.15, 0.2) is 0 Å². The minimum atomic E-state index is -0.0506. The molecule has 82 valence electrons. The van der Waals surface area contributed by atoms with Crippen molar-refractivity contribution in [3.63, 3.8) is 0 Å². The van der Waals surface area contributed by atoms with Gasteiger partial charge in [0.25, 0.3) is 0 Å². The molecule has 1 aliphatic rings. The molecule has 0 spiro atoms. The molecule has 1 N–H and O–H groups in total. The molecule has 0 aliphatic carbocycles. The van der Waals surface area contributed by atoms with Crippen molar-refractivity contribution < 1.29 is 9.90 Å². The molecule has 1 unspecified atom stereocenters. The summed E-state index contributed by atoms with van der Waals surface area (Å²) in [5, 5.41) is 9.73. The molecule has 4 heteroatoms. The van der Waals surface area contributed by atoms with Crippen LogP contribution in [0.1, 0.15) is 6.42 Å². The Labute approximate surface area is 98.6 Å². The van der Waals surface area contributed by atoms with Gasteiger partial charge >= 0.3 is 0 Å². The third-order valence-corrected chi connectivity index (χ3v) is 2.92. The van der Waals surface area contributed by atoms with Crippen molar-refractivity contribution in [3.8, 4) is 18.1 Å². The van der Waals surface area contributed by atoms with E-state index in [1.54, 1.807) is 17.0 Å². The second kappa shape index (κ2) is 4.07. The molecule has 1 saturated heterocycles. The van der Waals surface area contributed by atoms with Gasteiger partial charge in [-0.15, -0.1) is 12.3 Å². The van der Waals surface area contributed by atoms with Crippen LogP contribution in [0.4, 0.5) is 5.69 Å². The third kappa shape index (κ3) is 1.84. The molecule has 1 aliphatic heterocycles. The topological polar surface area (TPSA) is 40.5 Å². The highest BCUT2D eigenvalue weighted by molar-refractivity contribution is 6.32. The summed E-state index contributed by atoms with van der Waals surface area (Å²) in [5.74, 6) is 2.46. The molecule has 1 amide bonds. The SMILES string of the molecule is C#CC1CC(=O)N(c2ccc(Cl)c(O)c2)C1. The van der Waals surface area contributed by atoms with Crippen LogP contribution in [0.15, 0.2) is 18.2 Å². The van der Waals surface area contributed by atoms with Crippen molar-refractivity contribution in [2.75, 3.05) is 11.4 Å². The van der Waals surface area contributed by atoms with Crippen LogP contribution in [-0.2, 0) is 4.79 Å². The fourth-order valence-electron chi connectivity index (χ4n) is 1.74. The summed E-state index contributed by atoms with van der Waals surface area (Å²) in [6, 6.07) is 4.72. The maximum Gasteiger partial charge on any atom is 0.228 e. The molecule has 1 aromatic carbocycles. The largest absolute Gasteiger partial charge is 0.506 e. The molecular formula is C12H10ClNO2. The van der Waals surface area contributed by atoms with Gasteiger partial charge in [-0.2, -0.15) is 0 Å². The van der Waals surface area contributed by atoms with Crippen molar-refractivity contribution in [1.29, 1.82) is 0 Å². The second-order valence-electron chi connectivity index (χ2n) is 3.71. The van der Waals surface area contributed by atoms with Crippen LogP contribution in [-0.4, -0.2) is 17.6 Å². The number of anilines is 1. The average Bonchev–Trinajstić information content (AvgIpc) is 2.64. The van der Waals surface area contributed by atoms with Crippen LogP contribution in [0.2, 0.25) is 5.02 Å². The number of phenols is 1. The van der Waals surface area contributed by atoms with Crippen LogP contribution in [0.25, 0.3) is 0 Å². The molecule has 0 bridgehead atoms. The van der Waals surface area contributed by atoms with Gasteiger partial charge < -0.3 is 10.0 Å². The molecule has 2 rings (SSSR count). The number of amides is 1. The molecule has 1 fully saturated rings. The Morgan fingerprint density at radius 2 is 2.31 bits per heavy atom. The van der Waals surface area contributed by atoms with E-state index in [9.17, 15) is 9.90 Å². The van der Waals surface area contributed by atoms with Crippen LogP contribution < -0.4 is 4.90 Å². The molecule has 16 heavy (non-hydrogen) atoms. The second-order valence-corrected chi connectivity index (χ2v) is 4.11. The standard InChI is InChI=1S/C12H10ClNO2/c1-2-8-5-12(16)14(7-8)9-3-4-10(13)11(15)6-9/h1,3-4,6,8,15H,5,7H2. The van der Waals surface area contributed by atoms with Crippen molar-refractivity contribution in [1.82, 2.24) is 0 Å². The minimum absolute atomic E-state index is 0.0235. The van der Waals surface area contributed by atoms with E-state index < -0.39 is 0 Å². The van der Waals surface area contributed by atoms with Gasteiger partial charge in [-0.25, -0.2) is 0 Å². The van der Waals surface area contributed by atoms with E-state index in [4.69, 9.17) is 18.0 Å². The van der Waals surface area contributed by atoms with Crippen molar-refractivity contribution in [3.05, 3.63) is 23.2 Å². The summed E-state index contributed by atoms with van der Waals surface area (Å²) in [6.45, 7) is 0.496. The van der Waals surface area contributed by atoms with Gasteiger partial charge in [0, 0.05) is 30.6 Å². The lowest BCUT2D eigenvalue weighted by molar-refractivity contribution is -0.117. The zero-order chi connectivity index (χ0) is 11.7. The van der Waals surface area contributed by atoms with E-state index in [0.29, 0.717) is 18.7 Å². The number of aromatic hydroxyl groups is 1. The fourth-order valence-corrected chi connectivity index (χ4v) is 1.86. The van der Waals surface area contributed by atoms with E-state index in [1.165, 1.54) is 6.07 Å². The van der Waals surface area contributed by atoms with Gasteiger partial charge in [0.1, 0.15) is 5.75 Å². The number of hydrogen-bond donors (Lipinski definition) is 1. The van der Waals surface area contributed by atoms with Gasteiger partial charge in [0.05, 0.1) is 5.02 Å². The first-order valence-electron chi connectivity index (χ1n) is 4.87. The minimum Gasteiger partial charge on any atom is -0.506 e. The van der Waals surface area contributed by atoms with Crippen LogP contribution in [0.5, 0.6) is 5.75 Å². The van der Waals surface area contributed by atoms with Crippen molar-refractivity contribution in [2.45, 2.75) is 6.42 Å². The lowest BCUT2D eigenvalue weighted by atomic mass is 10.1. The number of carbonyl (C=O) groups is 1. The molecule has 0 aromatic heterocycles. The first kappa shape index (κ1) is 10.8. The third-order valence-electron chi connectivity index (χ3n) is 2.60. The van der Waals surface area contributed by atoms with E-state index in [1.807, 2.05) is 0 Å². The van der Waals surface area contributed by atoms with E-state index in [0.717, 1.165) is 0 Å². The molecule has 1 atom stereocenters. The van der Waals surface area contributed by atoms with E-state index in [-0.39, 0.29) is 22.6 Å². The Kier molecular flexibility index (Phi) is 2.76. The van der Waals surface area contributed by atoms with Gasteiger partial charge in [0.2, 0.25) is 5.91 Å². The Morgan fingerprint density at radius 1 is 1.56 bits per heavy atom. The summed E-state index contributed by atoms with van der Waals surface area (Å²) < 4.78 is 0. The lowest BCUT2D eigenvalue weighted by Gasteiger charge is -2.16. The Morgan fingerprint density at radius 3 is 2.88 bits per heavy atom. The summed E-state index contributed by atoms with van der Waals surface area (Å²) >= 11 is 5.69. The Hall–Kier alpha value is -1.66. The summed E-state index contributed by atoms with van der Waals surface area (Å²) in [4.78, 5) is 13.2. The number of carbonyl (C=O) groups excluding carboxylic acids is 1. The van der Waals surface area contributed by atoms with Crippen LogP contribution >= 0.6 is 11.6 Å².